The summed E-state index contributed by atoms with van der Waals surface area (Å²) in [5, 5.41) is 8.82. The van der Waals surface area contributed by atoms with Crippen LogP contribution in [0.2, 0.25) is 0 Å². The van der Waals surface area contributed by atoms with E-state index in [1.807, 2.05) is 13.8 Å². The standard InChI is InChI=1S/C13H25NO3/c1-9(2)7-13(4,5)12(17)14(6)8-10(3)11(15)16/h9-10H,7-8H2,1-6H3,(H,15,16). The van der Waals surface area contributed by atoms with Gasteiger partial charge in [-0.05, 0) is 12.3 Å². The Balaban J connectivity index is 4.53. The molecule has 0 bridgehead atoms. The number of amides is 1. The van der Waals surface area contributed by atoms with Gasteiger partial charge in [-0.15, -0.1) is 0 Å². The van der Waals surface area contributed by atoms with Crippen LogP contribution in [0.1, 0.15) is 41.0 Å². The first kappa shape index (κ1) is 15.9. The molecule has 1 N–H and O–H groups in total. The van der Waals surface area contributed by atoms with Crippen molar-refractivity contribution in [2.75, 3.05) is 13.6 Å². The molecule has 0 aliphatic carbocycles. The third kappa shape index (κ3) is 5.20. The summed E-state index contributed by atoms with van der Waals surface area (Å²) >= 11 is 0. The molecule has 0 aromatic heterocycles. The smallest absolute Gasteiger partial charge is 0.308 e. The predicted molar refractivity (Wildman–Crippen MR) is 67.7 cm³/mol. The monoisotopic (exact) mass is 243 g/mol. The molecule has 1 atom stereocenters. The fourth-order valence-corrected chi connectivity index (χ4v) is 2.20. The van der Waals surface area contributed by atoms with E-state index < -0.39 is 17.3 Å². The average molecular weight is 243 g/mol. The number of hydrogen-bond acceptors (Lipinski definition) is 2. The summed E-state index contributed by atoms with van der Waals surface area (Å²) in [7, 11) is 1.67. The van der Waals surface area contributed by atoms with Crippen molar-refractivity contribution in [1.82, 2.24) is 4.90 Å². The lowest BCUT2D eigenvalue weighted by molar-refractivity contribution is -0.145. The van der Waals surface area contributed by atoms with E-state index in [1.165, 1.54) is 4.90 Å². The average Bonchev–Trinajstić information content (AvgIpc) is 2.13. The summed E-state index contributed by atoms with van der Waals surface area (Å²) in [6.45, 7) is 9.86. The van der Waals surface area contributed by atoms with Crippen LogP contribution in [-0.4, -0.2) is 35.5 Å². The van der Waals surface area contributed by atoms with Gasteiger partial charge in [0.15, 0.2) is 0 Å². The van der Waals surface area contributed by atoms with Gasteiger partial charge in [-0.1, -0.05) is 34.6 Å². The van der Waals surface area contributed by atoms with Gasteiger partial charge in [0.2, 0.25) is 5.91 Å². The molecule has 0 saturated heterocycles. The van der Waals surface area contributed by atoms with Gasteiger partial charge >= 0.3 is 5.97 Å². The molecular weight excluding hydrogens is 218 g/mol. The fourth-order valence-electron chi connectivity index (χ4n) is 2.20. The molecule has 4 heteroatoms. The molecule has 4 nitrogen and oxygen atoms in total. The summed E-state index contributed by atoms with van der Waals surface area (Å²) in [6, 6.07) is 0. The molecule has 0 radical (unpaired) electrons. The zero-order valence-corrected chi connectivity index (χ0v) is 11.8. The Morgan fingerprint density at radius 2 is 1.71 bits per heavy atom. The Labute approximate surface area is 104 Å². The number of nitrogens with zero attached hydrogens (tertiary/aromatic N) is 1. The normalized spacial score (nSPS) is 13.6. The lowest BCUT2D eigenvalue weighted by Gasteiger charge is -2.31. The first-order valence-electron chi connectivity index (χ1n) is 6.06. The van der Waals surface area contributed by atoms with Crippen molar-refractivity contribution in [3.05, 3.63) is 0 Å². The van der Waals surface area contributed by atoms with Crippen molar-refractivity contribution < 1.29 is 14.7 Å². The second-order valence-electron chi connectivity index (χ2n) is 5.91. The van der Waals surface area contributed by atoms with E-state index in [2.05, 4.69) is 13.8 Å². The van der Waals surface area contributed by atoms with Crippen molar-refractivity contribution in [3.63, 3.8) is 0 Å². The van der Waals surface area contributed by atoms with Gasteiger partial charge in [-0.2, -0.15) is 0 Å². The minimum absolute atomic E-state index is 0.0132. The number of carbonyl (C=O) groups excluding carboxylic acids is 1. The Bertz CT molecular complexity index is 284. The topological polar surface area (TPSA) is 57.6 Å². The van der Waals surface area contributed by atoms with Crippen molar-refractivity contribution in [2.24, 2.45) is 17.3 Å². The summed E-state index contributed by atoms with van der Waals surface area (Å²) in [5.41, 5.74) is -0.429. The van der Waals surface area contributed by atoms with Crippen LogP contribution in [0.3, 0.4) is 0 Å². The van der Waals surface area contributed by atoms with Crippen LogP contribution in [0.5, 0.6) is 0 Å². The number of hydrogen-bond donors (Lipinski definition) is 1. The lowest BCUT2D eigenvalue weighted by atomic mass is 9.82. The quantitative estimate of drug-likeness (QED) is 0.778. The van der Waals surface area contributed by atoms with Crippen molar-refractivity contribution in [1.29, 1.82) is 0 Å². The first-order valence-corrected chi connectivity index (χ1v) is 6.06. The molecule has 0 saturated carbocycles. The van der Waals surface area contributed by atoms with Gasteiger partial charge in [0.05, 0.1) is 5.92 Å². The van der Waals surface area contributed by atoms with Gasteiger partial charge in [-0.3, -0.25) is 9.59 Å². The lowest BCUT2D eigenvalue weighted by Crippen LogP contribution is -2.42. The highest BCUT2D eigenvalue weighted by Crippen LogP contribution is 2.27. The Kier molecular flexibility index (Phi) is 5.66. The Morgan fingerprint density at radius 3 is 2.06 bits per heavy atom. The van der Waals surface area contributed by atoms with Crippen molar-refractivity contribution >= 4 is 11.9 Å². The van der Waals surface area contributed by atoms with Crippen molar-refractivity contribution in [3.8, 4) is 0 Å². The van der Waals surface area contributed by atoms with E-state index in [1.54, 1.807) is 14.0 Å². The SMILES string of the molecule is CC(C)CC(C)(C)C(=O)N(C)CC(C)C(=O)O. The van der Waals surface area contributed by atoms with Crippen LogP contribution < -0.4 is 0 Å². The van der Waals surface area contributed by atoms with Gasteiger partial charge in [0, 0.05) is 19.0 Å². The highest BCUT2D eigenvalue weighted by Gasteiger charge is 2.32. The van der Waals surface area contributed by atoms with Gasteiger partial charge in [0.1, 0.15) is 0 Å². The molecule has 0 aliphatic rings. The van der Waals surface area contributed by atoms with Crippen molar-refractivity contribution in [2.45, 2.75) is 41.0 Å². The minimum atomic E-state index is -0.869. The number of aliphatic carboxylic acids is 1. The Hall–Kier alpha value is -1.06. The molecule has 1 amide bonds. The summed E-state index contributed by atoms with van der Waals surface area (Å²) < 4.78 is 0. The maximum Gasteiger partial charge on any atom is 0.308 e. The van der Waals surface area contributed by atoms with E-state index in [0.717, 1.165) is 6.42 Å². The minimum Gasteiger partial charge on any atom is -0.481 e. The molecule has 0 fully saturated rings. The van der Waals surface area contributed by atoms with Crippen LogP contribution in [0.15, 0.2) is 0 Å². The van der Waals surface area contributed by atoms with Crippen LogP contribution >= 0.6 is 0 Å². The van der Waals surface area contributed by atoms with E-state index >= 15 is 0 Å². The molecule has 0 heterocycles. The largest absolute Gasteiger partial charge is 0.481 e. The van der Waals surface area contributed by atoms with Crippen LogP contribution in [0.25, 0.3) is 0 Å². The van der Waals surface area contributed by atoms with E-state index in [0.29, 0.717) is 5.92 Å². The molecular formula is C13H25NO3. The van der Waals surface area contributed by atoms with E-state index in [-0.39, 0.29) is 12.5 Å². The third-order valence-electron chi connectivity index (χ3n) is 2.81. The zero-order valence-electron chi connectivity index (χ0n) is 11.8. The highest BCUT2D eigenvalue weighted by atomic mass is 16.4. The van der Waals surface area contributed by atoms with Gasteiger partial charge in [0.25, 0.3) is 0 Å². The maximum absolute atomic E-state index is 12.2. The summed E-state index contributed by atoms with van der Waals surface area (Å²) in [5.74, 6) is -0.941. The van der Waals surface area contributed by atoms with E-state index in [9.17, 15) is 9.59 Å². The van der Waals surface area contributed by atoms with Crippen LogP contribution in [0, 0.1) is 17.3 Å². The van der Waals surface area contributed by atoms with Gasteiger partial charge in [-0.25, -0.2) is 0 Å². The predicted octanol–water partition coefficient (Wildman–Crippen LogP) is 2.24. The zero-order chi connectivity index (χ0) is 13.8. The molecule has 0 aromatic carbocycles. The molecule has 1 unspecified atom stereocenters. The van der Waals surface area contributed by atoms with E-state index in [4.69, 9.17) is 5.11 Å². The number of carboxylic acid groups (broad SMARTS) is 1. The fraction of sp³-hybridized carbons (Fsp3) is 0.846. The second-order valence-corrected chi connectivity index (χ2v) is 5.91. The molecule has 0 aliphatic heterocycles. The highest BCUT2D eigenvalue weighted by molar-refractivity contribution is 5.82. The first-order chi connectivity index (χ1) is 7.58. The van der Waals surface area contributed by atoms with Crippen LogP contribution in [0.4, 0.5) is 0 Å². The van der Waals surface area contributed by atoms with Crippen LogP contribution in [-0.2, 0) is 9.59 Å². The van der Waals surface area contributed by atoms with Gasteiger partial charge < -0.3 is 10.0 Å². The third-order valence-corrected chi connectivity index (χ3v) is 2.81. The Morgan fingerprint density at radius 1 is 1.24 bits per heavy atom. The number of carboxylic acids is 1. The summed E-state index contributed by atoms with van der Waals surface area (Å²) in [6.07, 6.45) is 0.803. The maximum atomic E-state index is 12.2. The second kappa shape index (κ2) is 6.03. The molecule has 100 valence electrons. The molecule has 0 spiro atoms. The molecule has 17 heavy (non-hydrogen) atoms. The summed E-state index contributed by atoms with van der Waals surface area (Å²) in [4.78, 5) is 24.5. The number of rotatable bonds is 6. The molecule has 0 rings (SSSR count). The number of carbonyl (C=O) groups is 2. The molecule has 0 aromatic rings.